The molecule has 3 rings (SSSR count). The number of aromatic nitrogens is 3. The summed E-state index contributed by atoms with van der Waals surface area (Å²) in [4.78, 5) is 39.3. The van der Waals surface area contributed by atoms with Gasteiger partial charge in [0.1, 0.15) is 5.69 Å². The Kier molecular flexibility index (Phi) is 6.36. The van der Waals surface area contributed by atoms with Crippen LogP contribution in [-0.2, 0) is 10.3 Å². The van der Waals surface area contributed by atoms with E-state index in [1.54, 1.807) is 32.1 Å². The summed E-state index contributed by atoms with van der Waals surface area (Å²) in [5.41, 5.74) is -0.195. The van der Waals surface area contributed by atoms with Crippen molar-refractivity contribution in [1.82, 2.24) is 20.7 Å². The Labute approximate surface area is 187 Å². The molecule has 0 spiro atoms. The van der Waals surface area contributed by atoms with Crippen LogP contribution in [0.2, 0.25) is 0 Å². The number of ketones is 2. The zero-order valence-corrected chi connectivity index (χ0v) is 18.4. The molecule has 0 bridgehead atoms. The van der Waals surface area contributed by atoms with Crippen LogP contribution in [0, 0.1) is 13.8 Å². The van der Waals surface area contributed by atoms with Gasteiger partial charge in [0.15, 0.2) is 5.78 Å². The fourth-order valence-electron chi connectivity index (χ4n) is 3.86. The van der Waals surface area contributed by atoms with Crippen LogP contribution in [0.4, 0.5) is 8.78 Å². The second-order valence-corrected chi connectivity index (χ2v) is 8.92. The Hall–Kier alpha value is -3.27. The van der Waals surface area contributed by atoms with Crippen molar-refractivity contribution in [2.75, 3.05) is 0 Å². The highest BCUT2D eigenvalue weighted by Gasteiger charge is 2.60. The standard InChI is InChI=1S/C22H22F2N4O3S/c1-5-7-14(6-2)8-15(29)19-12(3)17(13(4)32-19)18(30)20(31)26-21(10-22(23,24)11-21)16-9-25-28-27-16/h5-7,9H,1-2,8,10-11H2,3-4H3,(H,26,31)(H,25,27,28)/b14-7+. The monoisotopic (exact) mass is 460 g/mol. The van der Waals surface area contributed by atoms with E-state index in [4.69, 9.17) is 0 Å². The first kappa shape index (κ1) is 23.4. The number of H-pyrrole nitrogens is 1. The molecule has 0 radical (unpaired) electrons. The van der Waals surface area contributed by atoms with E-state index in [2.05, 4.69) is 33.9 Å². The Morgan fingerprint density at radius 1 is 1.28 bits per heavy atom. The van der Waals surface area contributed by atoms with Crippen LogP contribution < -0.4 is 5.32 Å². The van der Waals surface area contributed by atoms with Gasteiger partial charge in [-0.3, -0.25) is 14.4 Å². The number of carbonyl (C=O) groups is 3. The van der Waals surface area contributed by atoms with Gasteiger partial charge in [-0.05, 0) is 25.0 Å². The van der Waals surface area contributed by atoms with Gasteiger partial charge in [-0.25, -0.2) is 8.78 Å². The van der Waals surface area contributed by atoms with Crippen LogP contribution in [-0.4, -0.2) is 38.8 Å². The first-order valence-electron chi connectivity index (χ1n) is 9.71. The molecule has 1 saturated carbocycles. The molecule has 2 heterocycles. The molecule has 2 aromatic rings. The summed E-state index contributed by atoms with van der Waals surface area (Å²) >= 11 is 1.12. The topological polar surface area (TPSA) is 105 Å². The number of halogens is 2. The number of nitrogens with one attached hydrogen (secondary N) is 2. The summed E-state index contributed by atoms with van der Waals surface area (Å²) in [5, 5.41) is 12.2. The maximum absolute atomic E-state index is 13.7. The highest BCUT2D eigenvalue weighted by molar-refractivity contribution is 7.14. The van der Waals surface area contributed by atoms with Gasteiger partial charge >= 0.3 is 0 Å². The molecule has 0 aliphatic heterocycles. The summed E-state index contributed by atoms with van der Waals surface area (Å²) in [7, 11) is 0. The number of aryl methyl sites for hydroxylation is 1. The molecule has 32 heavy (non-hydrogen) atoms. The molecular formula is C22H22F2N4O3S. The average molecular weight is 461 g/mol. The molecule has 1 aliphatic carbocycles. The van der Waals surface area contributed by atoms with Crippen LogP contribution >= 0.6 is 11.3 Å². The predicted octanol–water partition coefficient (Wildman–Crippen LogP) is 3.98. The van der Waals surface area contributed by atoms with Gasteiger partial charge < -0.3 is 5.32 Å². The lowest BCUT2D eigenvalue weighted by molar-refractivity contribution is -0.148. The molecule has 168 valence electrons. The third-order valence-corrected chi connectivity index (χ3v) is 6.60. The predicted molar refractivity (Wildman–Crippen MR) is 116 cm³/mol. The van der Waals surface area contributed by atoms with E-state index >= 15 is 0 Å². The number of Topliss-reactive ketones (excluding diaryl/α,β-unsaturated/α-hetero) is 2. The first-order chi connectivity index (χ1) is 15.0. The molecule has 2 N–H and O–H groups in total. The van der Waals surface area contributed by atoms with Crippen molar-refractivity contribution in [2.24, 2.45) is 0 Å². The van der Waals surface area contributed by atoms with Crippen LogP contribution in [0.25, 0.3) is 0 Å². The lowest BCUT2D eigenvalue weighted by Gasteiger charge is -2.46. The van der Waals surface area contributed by atoms with E-state index in [0.717, 1.165) is 11.3 Å². The normalized spacial score (nSPS) is 16.7. The van der Waals surface area contributed by atoms with Crippen molar-refractivity contribution in [3.63, 3.8) is 0 Å². The van der Waals surface area contributed by atoms with E-state index < -0.39 is 36.0 Å². The molecule has 1 aliphatic rings. The number of thiophene rings is 1. The summed E-state index contributed by atoms with van der Waals surface area (Å²) in [6, 6.07) is 0. The van der Waals surface area contributed by atoms with Crippen molar-refractivity contribution in [3.8, 4) is 0 Å². The van der Waals surface area contributed by atoms with Crippen LogP contribution in [0.3, 0.4) is 0 Å². The maximum atomic E-state index is 13.7. The minimum Gasteiger partial charge on any atom is -0.337 e. The van der Waals surface area contributed by atoms with Gasteiger partial charge in [-0.15, -0.1) is 11.3 Å². The van der Waals surface area contributed by atoms with Crippen molar-refractivity contribution in [2.45, 2.75) is 44.6 Å². The molecule has 0 aromatic carbocycles. The van der Waals surface area contributed by atoms with Gasteiger partial charge in [0.25, 0.3) is 17.6 Å². The highest BCUT2D eigenvalue weighted by atomic mass is 32.1. The molecule has 10 heteroatoms. The van der Waals surface area contributed by atoms with Gasteiger partial charge in [0, 0.05) is 29.7 Å². The van der Waals surface area contributed by atoms with Gasteiger partial charge in [-0.2, -0.15) is 15.4 Å². The second-order valence-electron chi connectivity index (χ2n) is 7.70. The van der Waals surface area contributed by atoms with E-state index in [0.29, 0.717) is 20.9 Å². The second kappa shape index (κ2) is 8.70. The molecule has 0 saturated heterocycles. The summed E-state index contributed by atoms with van der Waals surface area (Å²) in [6.45, 7) is 10.5. The third-order valence-electron chi connectivity index (χ3n) is 5.35. The third kappa shape index (κ3) is 4.36. The van der Waals surface area contributed by atoms with Crippen LogP contribution in [0.5, 0.6) is 0 Å². The smallest absolute Gasteiger partial charge is 0.293 e. The molecule has 0 unspecified atom stereocenters. The maximum Gasteiger partial charge on any atom is 0.293 e. The van der Waals surface area contributed by atoms with Crippen LogP contribution in [0.15, 0.2) is 43.2 Å². The van der Waals surface area contributed by atoms with Crippen LogP contribution in [0.1, 0.15) is 55.4 Å². The highest BCUT2D eigenvalue weighted by Crippen LogP contribution is 2.51. The van der Waals surface area contributed by atoms with E-state index in [-0.39, 0.29) is 23.5 Å². The van der Waals surface area contributed by atoms with E-state index in [9.17, 15) is 23.2 Å². The number of hydrogen-bond donors (Lipinski definition) is 2. The van der Waals surface area contributed by atoms with Crippen molar-refractivity contribution >= 4 is 28.8 Å². The quantitative estimate of drug-likeness (QED) is 0.335. The first-order valence-corrected chi connectivity index (χ1v) is 10.5. The number of hydrogen-bond acceptors (Lipinski definition) is 6. The number of nitrogens with zero attached hydrogens (tertiary/aromatic N) is 2. The van der Waals surface area contributed by atoms with Crippen molar-refractivity contribution in [1.29, 1.82) is 0 Å². The Balaban J connectivity index is 1.84. The summed E-state index contributed by atoms with van der Waals surface area (Å²) < 4.78 is 27.3. The number of carbonyl (C=O) groups excluding carboxylic acids is 3. The Morgan fingerprint density at radius 2 is 1.97 bits per heavy atom. The minimum atomic E-state index is -2.98. The zero-order valence-electron chi connectivity index (χ0n) is 17.6. The molecule has 1 amide bonds. The molecular weight excluding hydrogens is 438 g/mol. The largest absolute Gasteiger partial charge is 0.337 e. The summed E-state index contributed by atoms with van der Waals surface area (Å²) in [5.74, 6) is -5.13. The van der Waals surface area contributed by atoms with Gasteiger partial charge in [0.05, 0.1) is 16.6 Å². The SMILES string of the molecule is C=C/C=C(\C=C)CC(=O)c1sc(C)c(C(=O)C(=O)NC2(c3cn[nH]n3)CC(F)(F)C2)c1C. The number of rotatable bonds is 9. The molecule has 2 aromatic heterocycles. The molecule has 1 fully saturated rings. The lowest BCUT2D eigenvalue weighted by atomic mass is 9.71. The van der Waals surface area contributed by atoms with Gasteiger partial charge in [0.2, 0.25) is 0 Å². The van der Waals surface area contributed by atoms with Crippen molar-refractivity contribution < 1.29 is 23.2 Å². The fourth-order valence-corrected chi connectivity index (χ4v) is 4.95. The Morgan fingerprint density at radius 3 is 2.50 bits per heavy atom. The fraction of sp³-hybridized carbons (Fsp3) is 0.318. The van der Waals surface area contributed by atoms with Crippen molar-refractivity contribution in [3.05, 3.63) is 69.7 Å². The zero-order chi connectivity index (χ0) is 23.7. The lowest BCUT2D eigenvalue weighted by Crippen LogP contribution is -2.61. The van der Waals surface area contributed by atoms with E-state index in [1.807, 2.05) is 0 Å². The Bertz CT molecular complexity index is 1120. The number of alkyl halides is 2. The number of aromatic amines is 1. The molecule has 0 atom stereocenters. The number of allylic oxidation sites excluding steroid dienone is 4. The number of amides is 1. The average Bonchev–Trinajstić information content (AvgIpc) is 3.34. The van der Waals surface area contributed by atoms with E-state index in [1.165, 1.54) is 6.20 Å². The summed E-state index contributed by atoms with van der Waals surface area (Å²) in [6.07, 6.45) is 4.70. The molecule has 7 nitrogen and oxygen atoms in total. The minimum absolute atomic E-state index is 0.0699. The van der Waals surface area contributed by atoms with Gasteiger partial charge in [-0.1, -0.05) is 31.4 Å².